The lowest BCUT2D eigenvalue weighted by atomic mass is 10.1. The quantitative estimate of drug-likeness (QED) is 0.542. The van der Waals surface area contributed by atoms with Crippen molar-refractivity contribution in [3.63, 3.8) is 0 Å². The van der Waals surface area contributed by atoms with E-state index >= 15 is 0 Å². The molecule has 1 heterocycles. The first-order valence-corrected chi connectivity index (χ1v) is 7.46. The number of ether oxygens (including phenoxy) is 2. The highest BCUT2D eigenvalue weighted by atomic mass is 32.1. The third kappa shape index (κ3) is 3.65. The fourth-order valence-corrected chi connectivity index (χ4v) is 2.59. The third-order valence-electron chi connectivity index (χ3n) is 3.37. The highest BCUT2D eigenvalue weighted by Crippen LogP contribution is 2.33. The second-order valence-corrected chi connectivity index (χ2v) is 5.25. The number of amides is 1. The van der Waals surface area contributed by atoms with Crippen LogP contribution in [-0.2, 0) is 19.1 Å². The van der Waals surface area contributed by atoms with Crippen molar-refractivity contribution in [2.45, 2.75) is 39.0 Å². The SMILES string of the molecule is CCOC1(OCC)C[C@@H](C(=O)O)N(C(=O)[C@H](C)CS)C1. The smallest absolute Gasteiger partial charge is 0.326 e. The molecule has 0 saturated carbocycles. The first-order chi connectivity index (χ1) is 9.40. The van der Waals surface area contributed by atoms with Crippen LogP contribution in [0.2, 0.25) is 0 Å². The van der Waals surface area contributed by atoms with E-state index in [1.54, 1.807) is 6.92 Å². The van der Waals surface area contributed by atoms with Crippen molar-refractivity contribution in [3.05, 3.63) is 0 Å². The zero-order valence-electron chi connectivity index (χ0n) is 12.2. The molecule has 0 aliphatic carbocycles. The number of hydrogen-bond acceptors (Lipinski definition) is 5. The molecule has 0 aromatic rings. The Labute approximate surface area is 124 Å². The molecular weight excluding hydrogens is 282 g/mol. The maximum atomic E-state index is 12.3. The molecule has 6 nitrogen and oxygen atoms in total. The summed E-state index contributed by atoms with van der Waals surface area (Å²) in [4.78, 5) is 25.0. The second kappa shape index (κ2) is 7.28. The van der Waals surface area contributed by atoms with E-state index in [1.165, 1.54) is 4.90 Å². The molecule has 1 aliphatic heterocycles. The van der Waals surface area contributed by atoms with Crippen LogP contribution < -0.4 is 0 Å². The van der Waals surface area contributed by atoms with Gasteiger partial charge in [-0.3, -0.25) is 4.79 Å². The molecule has 20 heavy (non-hydrogen) atoms. The summed E-state index contributed by atoms with van der Waals surface area (Å²) in [6.07, 6.45) is 0.148. The van der Waals surface area contributed by atoms with Crippen LogP contribution in [0.4, 0.5) is 0 Å². The molecule has 7 heteroatoms. The molecule has 0 bridgehead atoms. The number of thiol groups is 1. The van der Waals surface area contributed by atoms with Gasteiger partial charge in [0.15, 0.2) is 5.79 Å². The van der Waals surface area contributed by atoms with Gasteiger partial charge in [-0.1, -0.05) is 6.92 Å². The normalized spacial score (nSPS) is 22.8. The molecular formula is C13H23NO5S. The zero-order valence-corrected chi connectivity index (χ0v) is 13.1. The average molecular weight is 305 g/mol. The third-order valence-corrected chi connectivity index (χ3v) is 3.92. The summed E-state index contributed by atoms with van der Waals surface area (Å²) in [6, 6.07) is -0.914. The summed E-state index contributed by atoms with van der Waals surface area (Å²) >= 11 is 4.10. The predicted octanol–water partition coefficient (Wildman–Crippen LogP) is 1.01. The topological polar surface area (TPSA) is 76.1 Å². The van der Waals surface area contributed by atoms with Gasteiger partial charge in [0, 0.05) is 31.3 Å². The highest BCUT2D eigenvalue weighted by molar-refractivity contribution is 7.80. The maximum absolute atomic E-state index is 12.3. The molecule has 1 aliphatic rings. The van der Waals surface area contributed by atoms with Gasteiger partial charge in [0.1, 0.15) is 6.04 Å². The number of carbonyl (C=O) groups excluding carboxylic acids is 1. The van der Waals surface area contributed by atoms with Crippen molar-refractivity contribution in [2.24, 2.45) is 5.92 Å². The Balaban J connectivity index is 2.98. The average Bonchev–Trinajstić information content (AvgIpc) is 2.78. The fourth-order valence-electron chi connectivity index (χ4n) is 2.43. The van der Waals surface area contributed by atoms with Crippen molar-refractivity contribution in [1.82, 2.24) is 4.90 Å². The van der Waals surface area contributed by atoms with E-state index in [0.717, 1.165) is 0 Å². The minimum atomic E-state index is -1.04. The van der Waals surface area contributed by atoms with Crippen LogP contribution in [0, 0.1) is 5.92 Å². The van der Waals surface area contributed by atoms with Gasteiger partial charge in [-0.25, -0.2) is 4.79 Å². The molecule has 0 aromatic heterocycles. The van der Waals surface area contributed by atoms with Crippen LogP contribution in [0.5, 0.6) is 0 Å². The van der Waals surface area contributed by atoms with Gasteiger partial charge in [-0.15, -0.1) is 0 Å². The van der Waals surface area contributed by atoms with Crippen molar-refractivity contribution >= 4 is 24.5 Å². The lowest BCUT2D eigenvalue weighted by molar-refractivity contribution is -0.223. The molecule has 1 N–H and O–H groups in total. The molecule has 1 amide bonds. The number of carboxylic acid groups (broad SMARTS) is 1. The second-order valence-electron chi connectivity index (χ2n) is 4.88. The standard InChI is InChI=1S/C13H23NO5S/c1-4-18-13(19-5-2)6-10(12(16)17)14(8-13)11(15)9(3)7-20/h9-10,20H,4-8H2,1-3H3,(H,16,17)/t9-,10+/m1/s1. The molecule has 0 aromatic carbocycles. The van der Waals surface area contributed by atoms with Crippen LogP contribution in [-0.4, -0.2) is 59.2 Å². The first-order valence-electron chi connectivity index (χ1n) is 6.82. The largest absolute Gasteiger partial charge is 0.480 e. The number of carbonyl (C=O) groups is 2. The van der Waals surface area contributed by atoms with E-state index in [9.17, 15) is 14.7 Å². The van der Waals surface area contributed by atoms with Gasteiger partial charge in [-0.2, -0.15) is 12.6 Å². The summed E-state index contributed by atoms with van der Waals surface area (Å²) in [5.74, 6) is -2.24. The fraction of sp³-hybridized carbons (Fsp3) is 0.846. The summed E-state index contributed by atoms with van der Waals surface area (Å²) in [6.45, 7) is 6.31. The molecule has 1 saturated heterocycles. The van der Waals surface area contributed by atoms with Gasteiger partial charge < -0.3 is 19.5 Å². The van der Waals surface area contributed by atoms with E-state index in [4.69, 9.17) is 9.47 Å². The summed E-state index contributed by atoms with van der Waals surface area (Å²) in [5.41, 5.74) is 0. The zero-order chi connectivity index (χ0) is 15.3. The molecule has 2 atom stereocenters. The first kappa shape index (κ1) is 17.3. The number of nitrogens with zero attached hydrogens (tertiary/aromatic N) is 1. The van der Waals surface area contributed by atoms with E-state index in [-0.39, 0.29) is 24.8 Å². The molecule has 1 rings (SSSR count). The van der Waals surface area contributed by atoms with Gasteiger partial charge in [0.2, 0.25) is 5.91 Å². The molecule has 116 valence electrons. The minimum absolute atomic E-state index is 0.141. The number of carboxylic acids is 1. The Bertz CT molecular complexity index is 357. The summed E-state index contributed by atoms with van der Waals surface area (Å²) in [7, 11) is 0. The predicted molar refractivity (Wildman–Crippen MR) is 76.8 cm³/mol. The van der Waals surface area contributed by atoms with Crippen molar-refractivity contribution < 1.29 is 24.2 Å². The Morgan fingerprint density at radius 2 is 1.95 bits per heavy atom. The number of aliphatic carboxylic acids is 1. The van der Waals surface area contributed by atoms with Crippen molar-refractivity contribution in [2.75, 3.05) is 25.5 Å². The highest BCUT2D eigenvalue weighted by Gasteiger charge is 2.51. The Morgan fingerprint density at radius 1 is 1.40 bits per heavy atom. The van der Waals surface area contributed by atoms with Gasteiger partial charge >= 0.3 is 5.97 Å². The van der Waals surface area contributed by atoms with Crippen molar-refractivity contribution in [1.29, 1.82) is 0 Å². The maximum Gasteiger partial charge on any atom is 0.326 e. The van der Waals surface area contributed by atoms with E-state index < -0.39 is 17.8 Å². The monoisotopic (exact) mass is 305 g/mol. The number of likely N-dealkylation sites (tertiary alicyclic amines) is 1. The van der Waals surface area contributed by atoms with Crippen molar-refractivity contribution in [3.8, 4) is 0 Å². The van der Waals surface area contributed by atoms with Gasteiger partial charge in [-0.05, 0) is 13.8 Å². The van der Waals surface area contributed by atoms with Crippen LogP contribution in [0.15, 0.2) is 0 Å². The van der Waals surface area contributed by atoms with E-state index in [1.807, 2.05) is 13.8 Å². The molecule has 0 unspecified atom stereocenters. The Kier molecular flexibility index (Phi) is 6.29. The van der Waals surface area contributed by atoms with Gasteiger partial charge in [0.05, 0.1) is 6.54 Å². The Morgan fingerprint density at radius 3 is 2.35 bits per heavy atom. The van der Waals surface area contributed by atoms with Crippen LogP contribution in [0.1, 0.15) is 27.2 Å². The Hall–Kier alpha value is -0.790. The van der Waals surface area contributed by atoms with Gasteiger partial charge in [0.25, 0.3) is 0 Å². The minimum Gasteiger partial charge on any atom is -0.480 e. The summed E-state index contributed by atoms with van der Waals surface area (Å²) < 4.78 is 11.2. The van der Waals surface area contributed by atoms with E-state index in [2.05, 4.69) is 12.6 Å². The molecule has 1 fully saturated rings. The summed E-state index contributed by atoms with van der Waals surface area (Å²) in [5, 5.41) is 9.33. The lowest BCUT2D eigenvalue weighted by Crippen LogP contribution is -2.45. The molecule has 0 radical (unpaired) electrons. The van der Waals surface area contributed by atoms with Crippen LogP contribution in [0.25, 0.3) is 0 Å². The van der Waals surface area contributed by atoms with Crippen LogP contribution in [0.3, 0.4) is 0 Å². The van der Waals surface area contributed by atoms with Crippen LogP contribution >= 0.6 is 12.6 Å². The van der Waals surface area contributed by atoms with E-state index in [0.29, 0.717) is 19.0 Å². The molecule has 0 spiro atoms. The lowest BCUT2D eigenvalue weighted by Gasteiger charge is -2.29. The number of hydrogen-bond donors (Lipinski definition) is 2. The number of rotatable bonds is 7.